The molecule has 0 N–H and O–H groups in total. The molecule has 0 saturated carbocycles. The molecule has 6 rings (SSSR count). The smallest absolute Gasteiger partial charge is 0.0998 e. The van der Waals surface area contributed by atoms with E-state index in [9.17, 15) is 10.5 Å². The van der Waals surface area contributed by atoms with Gasteiger partial charge in [-0.3, -0.25) is 0 Å². The fourth-order valence-electron chi connectivity index (χ4n) is 2.21. The van der Waals surface area contributed by atoms with Crippen molar-refractivity contribution < 1.29 is 0 Å². The minimum atomic E-state index is 0.634. The quantitative estimate of drug-likeness (QED) is 0.709. The molecule has 92 valence electrons. The average Bonchev–Trinajstić information content (AvgIpc) is 2.50. The monoisotopic (exact) mass is 254 g/mol. The Kier molecular flexibility index (Phi) is 2.92. The Labute approximate surface area is 117 Å². The molecule has 4 aliphatic carbocycles. The lowest BCUT2D eigenvalue weighted by Crippen LogP contribution is -1.87. The maximum Gasteiger partial charge on any atom is 0.0998 e. The molecule has 0 spiro atoms. The molecule has 0 saturated heterocycles. The van der Waals surface area contributed by atoms with E-state index < -0.39 is 0 Å². The van der Waals surface area contributed by atoms with Crippen molar-refractivity contribution in [3.63, 3.8) is 0 Å². The van der Waals surface area contributed by atoms with Crippen LogP contribution >= 0.6 is 0 Å². The van der Waals surface area contributed by atoms with Crippen LogP contribution in [-0.4, -0.2) is 0 Å². The van der Waals surface area contributed by atoms with Crippen molar-refractivity contribution in [2.75, 3.05) is 0 Å². The number of allylic oxidation sites excluding steroid dienone is 2. The Morgan fingerprint density at radius 2 is 0.900 bits per heavy atom. The van der Waals surface area contributed by atoms with E-state index >= 15 is 0 Å². The summed E-state index contributed by atoms with van der Waals surface area (Å²) in [5.41, 5.74) is 4.93. The summed E-state index contributed by atoms with van der Waals surface area (Å²) in [6.07, 6.45) is 3.71. The maximum atomic E-state index is 9.29. The van der Waals surface area contributed by atoms with Gasteiger partial charge in [-0.25, -0.2) is 0 Å². The zero-order valence-corrected chi connectivity index (χ0v) is 10.7. The third-order valence-electron chi connectivity index (χ3n) is 3.31. The molecule has 0 atom stereocenters. The van der Waals surface area contributed by atoms with Gasteiger partial charge in [0.15, 0.2) is 0 Å². The molecule has 0 heterocycles. The molecule has 0 radical (unpaired) electrons. The predicted molar refractivity (Wildman–Crippen MR) is 79.9 cm³/mol. The first-order valence-electron chi connectivity index (χ1n) is 6.24. The van der Waals surface area contributed by atoms with Crippen LogP contribution in [0.2, 0.25) is 0 Å². The van der Waals surface area contributed by atoms with Crippen LogP contribution in [0, 0.1) is 22.7 Å². The van der Waals surface area contributed by atoms with E-state index in [1.165, 1.54) is 0 Å². The summed E-state index contributed by atoms with van der Waals surface area (Å²) in [6, 6.07) is 19.8. The highest BCUT2D eigenvalue weighted by molar-refractivity contribution is 5.93. The second kappa shape index (κ2) is 4.88. The van der Waals surface area contributed by atoms with E-state index in [1.807, 2.05) is 60.7 Å². The molecule has 0 amide bonds. The SMILES string of the molecule is N#C/C1=C/c2ccc(cc2)/C(C#N)=C\c2ccc1cc2. The highest BCUT2D eigenvalue weighted by Gasteiger charge is 2.06. The zero-order chi connectivity index (χ0) is 13.9. The normalized spacial score (nSPS) is 17.7. The van der Waals surface area contributed by atoms with Crippen molar-refractivity contribution in [3.05, 3.63) is 70.8 Å². The third-order valence-corrected chi connectivity index (χ3v) is 3.31. The van der Waals surface area contributed by atoms with Crippen LogP contribution in [0.1, 0.15) is 22.3 Å². The van der Waals surface area contributed by atoms with Crippen molar-refractivity contribution in [3.8, 4) is 12.1 Å². The molecule has 2 aromatic carbocycles. The Morgan fingerprint density at radius 3 is 1.20 bits per heavy atom. The molecule has 2 heteroatoms. The van der Waals surface area contributed by atoms with Crippen LogP contribution in [0.4, 0.5) is 0 Å². The molecule has 0 fully saturated rings. The van der Waals surface area contributed by atoms with Crippen molar-refractivity contribution >= 4 is 23.3 Å². The average molecular weight is 254 g/mol. The van der Waals surface area contributed by atoms with Gasteiger partial charge in [0.25, 0.3) is 0 Å². The fourth-order valence-corrected chi connectivity index (χ4v) is 2.21. The van der Waals surface area contributed by atoms with Gasteiger partial charge in [-0.15, -0.1) is 0 Å². The predicted octanol–water partition coefficient (Wildman–Crippen LogP) is 4.13. The number of hydrogen-bond acceptors (Lipinski definition) is 2. The van der Waals surface area contributed by atoms with Crippen LogP contribution in [0.5, 0.6) is 0 Å². The van der Waals surface area contributed by atoms with Gasteiger partial charge in [0.2, 0.25) is 0 Å². The second-order valence-electron chi connectivity index (χ2n) is 4.58. The van der Waals surface area contributed by atoms with Crippen LogP contribution in [0.3, 0.4) is 0 Å². The lowest BCUT2D eigenvalue weighted by atomic mass is 9.97. The number of rotatable bonds is 0. The summed E-state index contributed by atoms with van der Waals surface area (Å²) < 4.78 is 0. The van der Waals surface area contributed by atoms with Crippen molar-refractivity contribution in [1.82, 2.24) is 0 Å². The summed E-state index contributed by atoms with van der Waals surface area (Å²) >= 11 is 0. The fraction of sp³-hybridized carbons (Fsp3) is 0. The zero-order valence-electron chi connectivity index (χ0n) is 10.7. The first-order valence-corrected chi connectivity index (χ1v) is 6.24. The van der Waals surface area contributed by atoms with E-state index in [-0.39, 0.29) is 0 Å². The first kappa shape index (κ1) is 12.0. The molecular formula is C18H10N2. The Balaban J connectivity index is 2.30. The van der Waals surface area contributed by atoms with Gasteiger partial charge < -0.3 is 0 Å². The summed E-state index contributed by atoms with van der Waals surface area (Å²) in [6.45, 7) is 0. The van der Waals surface area contributed by atoms with E-state index in [2.05, 4.69) is 12.1 Å². The molecule has 4 bridgehead atoms. The van der Waals surface area contributed by atoms with Crippen molar-refractivity contribution in [1.29, 1.82) is 10.5 Å². The van der Waals surface area contributed by atoms with Gasteiger partial charge in [-0.05, 0) is 34.4 Å². The van der Waals surface area contributed by atoms with Crippen LogP contribution in [0.15, 0.2) is 48.5 Å². The lowest BCUT2D eigenvalue weighted by molar-refractivity contribution is 1.50. The second-order valence-corrected chi connectivity index (χ2v) is 4.58. The number of hydrogen-bond donors (Lipinski definition) is 0. The molecule has 2 aromatic rings. The van der Waals surface area contributed by atoms with Gasteiger partial charge in [-0.1, -0.05) is 48.5 Å². The molecule has 0 aliphatic heterocycles. The molecule has 0 unspecified atom stereocenters. The highest BCUT2D eigenvalue weighted by Crippen LogP contribution is 2.24. The molecule has 2 nitrogen and oxygen atoms in total. The van der Waals surface area contributed by atoms with E-state index in [0.29, 0.717) is 11.1 Å². The Bertz CT molecular complexity index is 721. The Hall–Kier alpha value is -3.10. The van der Waals surface area contributed by atoms with Crippen molar-refractivity contribution in [2.24, 2.45) is 0 Å². The summed E-state index contributed by atoms with van der Waals surface area (Å²) in [4.78, 5) is 0. The van der Waals surface area contributed by atoms with E-state index in [0.717, 1.165) is 22.3 Å². The highest BCUT2D eigenvalue weighted by atomic mass is 14.3. The minimum Gasteiger partial charge on any atom is -0.192 e. The van der Waals surface area contributed by atoms with E-state index in [4.69, 9.17) is 0 Å². The molecule has 20 heavy (non-hydrogen) atoms. The van der Waals surface area contributed by atoms with Gasteiger partial charge in [0.1, 0.15) is 0 Å². The van der Waals surface area contributed by atoms with E-state index in [1.54, 1.807) is 0 Å². The largest absolute Gasteiger partial charge is 0.192 e. The number of nitrogens with zero attached hydrogens (tertiary/aromatic N) is 2. The van der Waals surface area contributed by atoms with Gasteiger partial charge in [0.05, 0.1) is 23.3 Å². The minimum absolute atomic E-state index is 0.634. The van der Waals surface area contributed by atoms with Gasteiger partial charge >= 0.3 is 0 Å². The third kappa shape index (κ3) is 2.11. The van der Waals surface area contributed by atoms with Gasteiger partial charge in [-0.2, -0.15) is 10.5 Å². The number of benzene rings is 2. The van der Waals surface area contributed by atoms with Crippen LogP contribution in [-0.2, 0) is 0 Å². The topological polar surface area (TPSA) is 47.6 Å². The number of nitriles is 2. The van der Waals surface area contributed by atoms with Gasteiger partial charge in [0, 0.05) is 0 Å². The van der Waals surface area contributed by atoms with Crippen LogP contribution in [0.25, 0.3) is 23.3 Å². The summed E-state index contributed by atoms with van der Waals surface area (Å²) in [5.74, 6) is 0. The summed E-state index contributed by atoms with van der Waals surface area (Å²) in [7, 11) is 0. The molecule has 0 aromatic heterocycles. The van der Waals surface area contributed by atoms with Crippen molar-refractivity contribution in [2.45, 2.75) is 0 Å². The standard InChI is InChI=1S/C18H10N2/c19-11-17-9-13-1-5-15(6-2-13)18(12-20)10-14-3-7-16(17)8-4-14/h1-10H/b13-9?,14-10?,17-9-,17-16?,18-10-,18-15?. The Morgan fingerprint density at radius 1 is 0.550 bits per heavy atom. The summed E-state index contributed by atoms with van der Waals surface area (Å²) in [5, 5.41) is 18.6. The first-order chi connectivity index (χ1) is 9.80. The maximum absolute atomic E-state index is 9.29. The molecule has 4 aliphatic rings. The molecular weight excluding hydrogens is 244 g/mol. The lowest BCUT2D eigenvalue weighted by Gasteiger charge is -2.06. The van der Waals surface area contributed by atoms with Crippen LogP contribution < -0.4 is 0 Å².